The van der Waals surface area contributed by atoms with Gasteiger partial charge in [0.1, 0.15) is 0 Å². The Morgan fingerprint density at radius 3 is 3.00 bits per heavy atom. The van der Waals surface area contributed by atoms with E-state index in [1.165, 1.54) is 16.2 Å². The largest absolute Gasteiger partial charge is 0.387 e. The first-order valence-electron chi connectivity index (χ1n) is 5.83. The maximum Gasteiger partial charge on any atom is 0.0922 e. The lowest BCUT2D eigenvalue weighted by atomic mass is 9.98. The Hall–Kier alpha value is -0.0300. The summed E-state index contributed by atoms with van der Waals surface area (Å²) in [7, 11) is 0. The first-order valence-corrected chi connectivity index (χ1v) is 7.80. The van der Waals surface area contributed by atoms with Crippen LogP contribution in [0.1, 0.15) is 34.8 Å². The molecule has 0 fully saturated rings. The molecular formula is C12H19NOS2. The summed E-state index contributed by atoms with van der Waals surface area (Å²) < 4.78 is 0. The van der Waals surface area contributed by atoms with Crippen molar-refractivity contribution in [2.75, 3.05) is 12.3 Å². The van der Waals surface area contributed by atoms with Crippen LogP contribution < -0.4 is 5.73 Å². The van der Waals surface area contributed by atoms with Gasteiger partial charge in [-0.05, 0) is 36.8 Å². The van der Waals surface area contributed by atoms with Gasteiger partial charge in [0.05, 0.1) is 6.10 Å². The average molecular weight is 257 g/mol. The van der Waals surface area contributed by atoms with Gasteiger partial charge in [-0.25, -0.2) is 0 Å². The van der Waals surface area contributed by atoms with Gasteiger partial charge < -0.3 is 10.8 Å². The molecule has 2 nitrogen and oxygen atoms in total. The Labute approximate surface area is 105 Å². The van der Waals surface area contributed by atoms with Crippen LogP contribution in [-0.4, -0.2) is 17.4 Å². The van der Waals surface area contributed by atoms with E-state index >= 15 is 0 Å². The van der Waals surface area contributed by atoms with Crippen LogP contribution in [0.2, 0.25) is 0 Å². The van der Waals surface area contributed by atoms with Gasteiger partial charge in [0.2, 0.25) is 0 Å². The maximum atomic E-state index is 10.3. The van der Waals surface area contributed by atoms with E-state index < -0.39 is 0 Å². The minimum Gasteiger partial charge on any atom is -0.387 e. The molecule has 4 heteroatoms. The molecule has 2 heterocycles. The monoisotopic (exact) mass is 257 g/mol. The highest BCUT2D eigenvalue weighted by atomic mass is 32.2. The van der Waals surface area contributed by atoms with Gasteiger partial charge in [0.25, 0.3) is 0 Å². The summed E-state index contributed by atoms with van der Waals surface area (Å²) in [6, 6.07) is 2.19. The van der Waals surface area contributed by atoms with Crippen LogP contribution >= 0.6 is 23.1 Å². The Bertz CT molecular complexity index is 323. The molecule has 0 aliphatic carbocycles. The van der Waals surface area contributed by atoms with Gasteiger partial charge in [-0.2, -0.15) is 11.8 Å². The van der Waals surface area contributed by atoms with E-state index in [4.69, 9.17) is 5.73 Å². The van der Waals surface area contributed by atoms with Crippen molar-refractivity contribution in [2.24, 2.45) is 11.7 Å². The summed E-state index contributed by atoms with van der Waals surface area (Å²) in [5.74, 6) is 2.53. The normalized spacial score (nSPS) is 19.2. The second-order valence-corrected chi connectivity index (χ2v) is 6.52. The third-order valence-corrected chi connectivity index (χ3v) is 5.53. The van der Waals surface area contributed by atoms with Crippen LogP contribution in [0.25, 0.3) is 0 Å². The lowest BCUT2D eigenvalue weighted by molar-refractivity contribution is 0.113. The molecule has 0 saturated heterocycles. The van der Waals surface area contributed by atoms with Crippen molar-refractivity contribution in [3.63, 3.8) is 0 Å². The number of aliphatic hydroxyl groups is 1. The molecular weight excluding hydrogens is 238 g/mol. The van der Waals surface area contributed by atoms with Crippen LogP contribution in [0.4, 0.5) is 0 Å². The molecule has 1 aromatic rings. The third-order valence-electron chi connectivity index (χ3n) is 3.21. The number of thiophene rings is 1. The van der Waals surface area contributed by atoms with Crippen molar-refractivity contribution in [1.82, 2.24) is 0 Å². The van der Waals surface area contributed by atoms with E-state index in [0.29, 0.717) is 6.54 Å². The molecule has 2 unspecified atom stereocenters. The lowest BCUT2D eigenvalue weighted by Crippen LogP contribution is -2.20. The summed E-state index contributed by atoms with van der Waals surface area (Å²) in [4.78, 5) is 2.59. The second kappa shape index (κ2) is 5.54. The Balaban J connectivity index is 2.17. The second-order valence-electron chi connectivity index (χ2n) is 4.25. The van der Waals surface area contributed by atoms with Crippen molar-refractivity contribution >= 4 is 23.1 Å². The van der Waals surface area contributed by atoms with Crippen molar-refractivity contribution in [2.45, 2.75) is 31.6 Å². The molecule has 1 aliphatic heterocycles. The fraction of sp³-hybridized carbons (Fsp3) is 0.667. The van der Waals surface area contributed by atoms with Crippen molar-refractivity contribution in [1.29, 1.82) is 0 Å². The number of hydrogen-bond acceptors (Lipinski definition) is 4. The van der Waals surface area contributed by atoms with Gasteiger partial charge in [-0.15, -0.1) is 11.3 Å². The molecule has 3 N–H and O–H groups in total. The van der Waals surface area contributed by atoms with E-state index in [1.54, 1.807) is 11.3 Å². The maximum absolute atomic E-state index is 10.3. The van der Waals surface area contributed by atoms with Gasteiger partial charge in [-0.1, -0.05) is 6.92 Å². The first kappa shape index (κ1) is 12.4. The molecule has 0 aromatic carbocycles. The first-order chi connectivity index (χ1) is 7.76. The van der Waals surface area contributed by atoms with E-state index in [-0.39, 0.29) is 12.0 Å². The number of aryl methyl sites for hydroxylation is 1. The van der Waals surface area contributed by atoms with E-state index in [2.05, 4.69) is 13.0 Å². The molecule has 2 rings (SSSR count). The molecule has 0 amide bonds. The summed E-state index contributed by atoms with van der Waals surface area (Å²) in [5.41, 5.74) is 7.12. The number of fused-ring (bicyclic) bond motifs is 1. The predicted octanol–water partition coefficient (Wildman–Crippen LogP) is 2.56. The Morgan fingerprint density at radius 1 is 1.56 bits per heavy atom. The SMILES string of the molecule is CCC(CN)C(O)c1cc2c(s1)CCSC2. The fourth-order valence-electron chi connectivity index (χ4n) is 2.07. The molecule has 1 aliphatic rings. The zero-order valence-electron chi connectivity index (χ0n) is 9.61. The van der Waals surface area contributed by atoms with Gasteiger partial charge >= 0.3 is 0 Å². The number of hydrogen-bond donors (Lipinski definition) is 2. The third kappa shape index (κ3) is 2.45. The van der Waals surface area contributed by atoms with E-state index in [1.807, 2.05) is 11.8 Å². The quantitative estimate of drug-likeness (QED) is 0.871. The number of aliphatic hydroxyl groups excluding tert-OH is 1. The van der Waals surface area contributed by atoms with Gasteiger partial charge in [-0.3, -0.25) is 0 Å². The number of rotatable bonds is 4. The predicted molar refractivity (Wildman–Crippen MR) is 72.0 cm³/mol. The zero-order valence-corrected chi connectivity index (χ0v) is 11.2. The molecule has 90 valence electrons. The molecule has 1 aromatic heterocycles. The molecule has 16 heavy (non-hydrogen) atoms. The average Bonchev–Trinajstić information content (AvgIpc) is 2.74. The van der Waals surface area contributed by atoms with E-state index in [9.17, 15) is 5.11 Å². The van der Waals surface area contributed by atoms with E-state index in [0.717, 1.165) is 23.5 Å². The van der Waals surface area contributed by atoms with Crippen molar-refractivity contribution in [3.05, 3.63) is 21.4 Å². The van der Waals surface area contributed by atoms with Crippen molar-refractivity contribution < 1.29 is 5.11 Å². The summed E-state index contributed by atoms with van der Waals surface area (Å²) in [6.45, 7) is 2.65. The number of thioether (sulfide) groups is 1. The van der Waals surface area contributed by atoms with Crippen LogP contribution in [-0.2, 0) is 12.2 Å². The topological polar surface area (TPSA) is 46.2 Å². The molecule has 0 saturated carbocycles. The van der Waals surface area contributed by atoms with Gasteiger partial charge in [0, 0.05) is 21.4 Å². The molecule has 0 radical (unpaired) electrons. The fourth-order valence-corrected chi connectivity index (χ4v) is 4.52. The van der Waals surface area contributed by atoms with Crippen LogP contribution in [0.5, 0.6) is 0 Å². The smallest absolute Gasteiger partial charge is 0.0922 e. The highest BCUT2D eigenvalue weighted by molar-refractivity contribution is 7.98. The molecule has 0 bridgehead atoms. The highest BCUT2D eigenvalue weighted by Gasteiger charge is 2.22. The lowest BCUT2D eigenvalue weighted by Gasteiger charge is -2.18. The Kier molecular flexibility index (Phi) is 4.30. The summed E-state index contributed by atoms with van der Waals surface area (Å²) in [6.07, 6.45) is 1.74. The van der Waals surface area contributed by atoms with Crippen molar-refractivity contribution in [3.8, 4) is 0 Å². The number of nitrogens with two attached hydrogens (primary N) is 1. The van der Waals surface area contributed by atoms with Crippen LogP contribution in [0.3, 0.4) is 0 Å². The molecule has 0 spiro atoms. The van der Waals surface area contributed by atoms with Crippen LogP contribution in [0.15, 0.2) is 6.07 Å². The molecule has 2 atom stereocenters. The minimum atomic E-state index is -0.365. The summed E-state index contributed by atoms with van der Waals surface area (Å²) >= 11 is 3.77. The van der Waals surface area contributed by atoms with Crippen LogP contribution in [0, 0.1) is 5.92 Å². The van der Waals surface area contributed by atoms with Gasteiger partial charge in [0.15, 0.2) is 0 Å². The zero-order chi connectivity index (χ0) is 11.5. The minimum absolute atomic E-state index is 0.202. The summed E-state index contributed by atoms with van der Waals surface area (Å²) in [5, 5.41) is 10.3. The Morgan fingerprint density at radius 2 is 2.38 bits per heavy atom. The highest BCUT2D eigenvalue weighted by Crippen LogP contribution is 2.36. The standard InChI is InChI=1S/C12H19NOS2/c1-2-8(6-13)12(14)11-5-9-7-15-4-3-10(9)16-11/h5,8,12,14H,2-4,6-7,13H2,1H3.